The Labute approximate surface area is 173 Å². The number of aryl methyl sites for hydroxylation is 2. The van der Waals surface area contributed by atoms with Crippen LogP contribution in [0.2, 0.25) is 0 Å². The molecule has 0 saturated heterocycles. The standard InChI is InChI=1S/C26H26PS/c1-20-21(2)28-22(3)26(20)19-27(23-13-7-4-8-14-23,24-15-9-5-10-16-24)25-17-11-6-12-18-25/h4-18H,19H2,1-3H3/q+1. The number of thiophene rings is 1. The van der Waals surface area contributed by atoms with Gasteiger partial charge in [-0.15, -0.1) is 11.3 Å². The number of benzene rings is 3. The van der Waals surface area contributed by atoms with Gasteiger partial charge in [0.2, 0.25) is 0 Å². The summed E-state index contributed by atoms with van der Waals surface area (Å²) in [4.78, 5) is 2.90. The Morgan fingerprint density at radius 2 is 0.964 bits per heavy atom. The third kappa shape index (κ3) is 3.34. The summed E-state index contributed by atoms with van der Waals surface area (Å²) in [5.74, 6) is 0. The summed E-state index contributed by atoms with van der Waals surface area (Å²) in [6.07, 6.45) is 1.08. The van der Waals surface area contributed by atoms with E-state index in [0.717, 1.165) is 6.16 Å². The van der Waals surface area contributed by atoms with Crippen molar-refractivity contribution >= 4 is 34.5 Å². The molecule has 0 fully saturated rings. The molecule has 0 spiro atoms. The zero-order chi connectivity index (χ0) is 19.6. The van der Waals surface area contributed by atoms with Crippen molar-refractivity contribution in [1.29, 1.82) is 0 Å². The van der Waals surface area contributed by atoms with Gasteiger partial charge in [-0.05, 0) is 62.7 Å². The van der Waals surface area contributed by atoms with Crippen LogP contribution < -0.4 is 15.9 Å². The van der Waals surface area contributed by atoms with Crippen molar-refractivity contribution in [2.24, 2.45) is 0 Å². The van der Waals surface area contributed by atoms with Crippen molar-refractivity contribution in [3.8, 4) is 0 Å². The second-order valence-corrected chi connectivity index (χ2v) is 12.2. The highest BCUT2D eigenvalue weighted by atomic mass is 32.1. The molecular formula is C26H26PS+. The SMILES string of the molecule is Cc1sc(C)c(C[P+](c2ccccc2)(c2ccccc2)c2ccccc2)c1C. The number of hydrogen-bond donors (Lipinski definition) is 0. The van der Waals surface area contributed by atoms with Crippen LogP contribution in [-0.2, 0) is 6.16 Å². The van der Waals surface area contributed by atoms with Gasteiger partial charge in [0.05, 0.1) is 6.16 Å². The van der Waals surface area contributed by atoms with Crippen LogP contribution in [0, 0.1) is 20.8 Å². The molecule has 0 aliphatic rings. The Morgan fingerprint density at radius 1 is 0.571 bits per heavy atom. The summed E-state index contributed by atoms with van der Waals surface area (Å²) >= 11 is 1.94. The smallest absolute Gasteiger partial charge is 0.116 e. The molecule has 2 heteroatoms. The zero-order valence-corrected chi connectivity index (χ0v) is 18.4. The van der Waals surface area contributed by atoms with E-state index in [9.17, 15) is 0 Å². The van der Waals surface area contributed by atoms with Crippen molar-refractivity contribution < 1.29 is 0 Å². The first kappa shape index (κ1) is 19.1. The van der Waals surface area contributed by atoms with E-state index in [0.29, 0.717) is 0 Å². The summed E-state index contributed by atoms with van der Waals surface area (Å²) in [5, 5.41) is 4.36. The fraction of sp³-hybridized carbons (Fsp3) is 0.154. The van der Waals surface area contributed by atoms with Crippen LogP contribution in [0.4, 0.5) is 0 Å². The van der Waals surface area contributed by atoms with Crippen molar-refractivity contribution in [3.05, 3.63) is 112 Å². The highest BCUT2D eigenvalue weighted by Crippen LogP contribution is 2.59. The lowest BCUT2D eigenvalue weighted by molar-refractivity contribution is 1.27. The Kier molecular flexibility index (Phi) is 5.49. The average molecular weight is 402 g/mol. The second-order valence-electron chi connectivity index (χ2n) is 7.29. The molecule has 1 aromatic heterocycles. The first-order chi connectivity index (χ1) is 13.6. The molecule has 1 heterocycles. The predicted octanol–water partition coefficient (Wildman–Crippen LogP) is 6.17. The molecule has 0 aliphatic heterocycles. The summed E-state index contributed by atoms with van der Waals surface area (Å²) in [6.45, 7) is 6.84. The van der Waals surface area contributed by atoms with Crippen LogP contribution >= 0.6 is 18.6 Å². The molecule has 0 bridgehead atoms. The van der Waals surface area contributed by atoms with Crippen molar-refractivity contribution in [3.63, 3.8) is 0 Å². The van der Waals surface area contributed by atoms with E-state index in [1.54, 1.807) is 0 Å². The second kappa shape index (κ2) is 8.03. The Balaban J connectivity index is 2.04. The number of hydrogen-bond acceptors (Lipinski definition) is 1. The van der Waals surface area contributed by atoms with E-state index in [1.165, 1.54) is 36.8 Å². The van der Waals surface area contributed by atoms with Gasteiger partial charge in [0.15, 0.2) is 0 Å². The lowest BCUT2D eigenvalue weighted by atomic mass is 10.1. The monoisotopic (exact) mass is 401 g/mol. The van der Waals surface area contributed by atoms with Gasteiger partial charge in [-0.25, -0.2) is 0 Å². The van der Waals surface area contributed by atoms with Crippen molar-refractivity contribution in [1.82, 2.24) is 0 Å². The third-order valence-electron chi connectivity index (χ3n) is 5.70. The first-order valence-electron chi connectivity index (χ1n) is 9.73. The van der Waals surface area contributed by atoms with E-state index in [1.807, 2.05) is 11.3 Å². The van der Waals surface area contributed by atoms with Crippen LogP contribution in [0.3, 0.4) is 0 Å². The molecule has 0 unspecified atom stereocenters. The summed E-state index contributed by atoms with van der Waals surface area (Å²) < 4.78 is 0. The van der Waals surface area contributed by atoms with E-state index < -0.39 is 7.26 Å². The molecule has 0 aliphatic carbocycles. The van der Waals surface area contributed by atoms with Gasteiger partial charge in [0.25, 0.3) is 0 Å². The van der Waals surface area contributed by atoms with Crippen molar-refractivity contribution in [2.45, 2.75) is 26.9 Å². The van der Waals surface area contributed by atoms with Gasteiger partial charge in [-0.3, -0.25) is 0 Å². The fourth-order valence-corrected chi connectivity index (χ4v) is 9.71. The van der Waals surface area contributed by atoms with E-state index in [2.05, 4.69) is 112 Å². The molecule has 28 heavy (non-hydrogen) atoms. The van der Waals surface area contributed by atoms with Gasteiger partial charge < -0.3 is 0 Å². The summed E-state index contributed by atoms with van der Waals surface area (Å²) in [5.41, 5.74) is 3.00. The Hall–Kier alpha value is -2.21. The summed E-state index contributed by atoms with van der Waals surface area (Å²) in [7, 11) is -1.81. The Bertz CT molecular complexity index is 953. The molecule has 0 nitrogen and oxygen atoms in total. The third-order valence-corrected chi connectivity index (χ3v) is 11.2. The average Bonchev–Trinajstić information content (AvgIpc) is 2.99. The molecular weight excluding hydrogens is 375 g/mol. The van der Waals surface area contributed by atoms with E-state index >= 15 is 0 Å². The topological polar surface area (TPSA) is 0 Å². The molecule has 0 amide bonds. The van der Waals surface area contributed by atoms with Crippen molar-refractivity contribution in [2.75, 3.05) is 0 Å². The minimum Gasteiger partial charge on any atom is -0.145 e. The van der Waals surface area contributed by atoms with Crippen LogP contribution in [0.1, 0.15) is 20.9 Å². The van der Waals surface area contributed by atoms with Gasteiger partial charge in [0.1, 0.15) is 23.2 Å². The highest BCUT2D eigenvalue weighted by Gasteiger charge is 2.46. The molecule has 0 N–H and O–H groups in total. The molecule has 140 valence electrons. The quantitative estimate of drug-likeness (QED) is 0.351. The summed E-state index contributed by atoms with van der Waals surface area (Å²) in [6, 6.07) is 33.5. The van der Waals surface area contributed by atoms with Gasteiger partial charge in [-0.1, -0.05) is 54.6 Å². The minimum absolute atomic E-state index is 1.08. The Morgan fingerprint density at radius 3 is 1.29 bits per heavy atom. The van der Waals surface area contributed by atoms with Crippen LogP contribution in [0.25, 0.3) is 0 Å². The molecule has 0 radical (unpaired) electrons. The first-order valence-corrected chi connectivity index (χ1v) is 12.5. The zero-order valence-electron chi connectivity index (χ0n) is 16.7. The molecule has 4 aromatic rings. The minimum atomic E-state index is -1.81. The van der Waals surface area contributed by atoms with E-state index in [-0.39, 0.29) is 0 Å². The highest BCUT2D eigenvalue weighted by molar-refractivity contribution is 7.95. The van der Waals surface area contributed by atoms with Crippen LogP contribution in [0.5, 0.6) is 0 Å². The van der Waals surface area contributed by atoms with Gasteiger partial charge in [-0.2, -0.15) is 0 Å². The van der Waals surface area contributed by atoms with Crippen LogP contribution in [-0.4, -0.2) is 0 Å². The fourth-order valence-electron chi connectivity index (χ4n) is 4.08. The van der Waals surface area contributed by atoms with Gasteiger partial charge >= 0.3 is 0 Å². The maximum Gasteiger partial charge on any atom is 0.116 e. The normalized spacial score (nSPS) is 11.5. The predicted molar refractivity (Wildman–Crippen MR) is 127 cm³/mol. The lowest BCUT2D eigenvalue weighted by Crippen LogP contribution is -2.32. The van der Waals surface area contributed by atoms with E-state index in [4.69, 9.17) is 0 Å². The maximum absolute atomic E-state index is 2.33. The lowest BCUT2D eigenvalue weighted by Gasteiger charge is -2.28. The molecule has 3 aromatic carbocycles. The van der Waals surface area contributed by atoms with Crippen LogP contribution in [0.15, 0.2) is 91.0 Å². The number of rotatable bonds is 5. The largest absolute Gasteiger partial charge is 0.145 e. The molecule has 0 saturated carbocycles. The molecule has 0 atom stereocenters. The van der Waals surface area contributed by atoms with Gasteiger partial charge in [0, 0.05) is 15.3 Å². The molecule has 4 rings (SSSR count). The maximum atomic E-state index is 2.33.